The summed E-state index contributed by atoms with van der Waals surface area (Å²) in [6.45, 7) is 0. The predicted molar refractivity (Wildman–Crippen MR) is 235 cm³/mol. The lowest BCUT2D eigenvalue weighted by molar-refractivity contribution is 0.617. The largest absolute Gasteiger partial charge is 0.456 e. The number of benzene rings is 9. The number of hydrogen-bond donors (Lipinski definition) is 0. The van der Waals surface area contributed by atoms with E-state index in [-0.39, 0.29) is 0 Å². The number of aromatic nitrogens is 1. The van der Waals surface area contributed by atoms with Crippen LogP contribution in [0.5, 0.6) is 0 Å². The van der Waals surface area contributed by atoms with Crippen LogP contribution in [-0.2, 0) is 0 Å². The lowest BCUT2D eigenvalue weighted by atomic mass is 9.98. The van der Waals surface area contributed by atoms with Crippen LogP contribution < -0.4 is 4.90 Å². The molecular formula is C53H34N2O2. The summed E-state index contributed by atoms with van der Waals surface area (Å²) >= 11 is 0. The van der Waals surface area contributed by atoms with E-state index >= 15 is 0 Å². The number of furan rings is 1. The first kappa shape index (κ1) is 32.7. The second kappa shape index (κ2) is 13.6. The van der Waals surface area contributed by atoms with Crippen LogP contribution in [0, 0.1) is 0 Å². The number of oxazole rings is 1. The highest BCUT2D eigenvalue weighted by Crippen LogP contribution is 2.40. The Morgan fingerprint density at radius 2 is 0.877 bits per heavy atom. The Balaban J connectivity index is 0.956. The standard InChI is InChI=1S/C53H34N2O2/c1-3-10-35(11-4-1)36-18-25-42(26-19-36)55(44-29-22-39(23-30-44)46-17-9-15-38-12-7-8-16-45(38)46)43-27-20-37(21-28-43)41-24-31-50-47(32-41)48-33-49-52(34-51(48)56-50)57-53(54-49)40-13-5-2-6-14-40/h1-34H. The van der Waals surface area contributed by atoms with Gasteiger partial charge in [0.1, 0.15) is 16.7 Å². The average Bonchev–Trinajstić information content (AvgIpc) is 3.87. The highest BCUT2D eigenvalue weighted by Gasteiger charge is 2.17. The Hall–Kier alpha value is -7.69. The van der Waals surface area contributed by atoms with Gasteiger partial charge in [0.2, 0.25) is 5.89 Å². The number of nitrogens with zero attached hydrogens (tertiary/aromatic N) is 2. The van der Waals surface area contributed by atoms with Gasteiger partial charge in [-0.3, -0.25) is 0 Å². The minimum absolute atomic E-state index is 0.602. The molecule has 0 fully saturated rings. The minimum atomic E-state index is 0.602. The molecule has 0 aliphatic heterocycles. The summed E-state index contributed by atoms with van der Waals surface area (Å²) in [5, 5.41) is 4.55. The molecule has 0 saturated heterocycles. The Morgan fingerprint density at radius 3 is 1.58 bits per heavy atom. The molecule has 0 aliphatic rings. The van der Waals surface area contributed by atoms with Crippen molar-refractivity contribution in [1.82, 2.24) is 4.98 Å². The van der Waals surface area contributed by atoms with E-state index in [1.807, 2.05) is 36.4 Å². The molecule has 0 aliphatic carbocycles. The highest BCUT2D eigenvalue weighted by atomic mass is 16.4. The van der Waals surface area contributed by atoms with Crippen molar-refractivity contribution in [2.24, 2.45) is 0 Å². The predicted octanol–water partition coefficient (Wildman–Crippen LogP) is 15.0. The van der Waals surface area contributed by atoms with Crippen molar-refractivity contribution in [2.45, 2.75) is 0 Å². The summed E-state index contributed by atoms with van der Waals surface area (Å²) in [5.74, 6) is 0.602. The van der Waals surface area contributed by atoms with Gasteiger partial charge < -0.3 is 13.7 Å². The summed E-state index contributed by atoms with van der Waals surface area (Å²) in [7, 11) is 0. The third-order valence-electron chi connectivity index (χ3n) is 10.9. The van der Waals surface area contributed by atoms with Crippen LogP contribution in [0.2, 0.25) is 0 Å². The SMILES string of the molecule is c1ccc(-c2ccc(N(c3ccc(-c4ccc5oc6cc7oc(-c8ccccc8)nc7cc6c5c4)cc3)c3ccc(-c4cccc5ccccc45)cc3)cc2)cc1. The van der Waals surface area contributed by atoms with Gasteiger partial charge in [-0.05, 0) is 111 Å². The molecular weight excluding hydrogens is 697 g/mol. The zero-order valence-electron chi connectivity index (χ0n) is 30.8. The van der Waals surface area contributed by atoms with E-state index in [2.05, 4.69) is 175 Å². The molecule has 11 aromatic rings. The molecule has 0 amide bonds. The van der Waals surface area contributed by atoms with Gasteiger partial charge in [0.25, 0.3) is 0 Å². The minimum Gasteiger partial charge on any atom is -0.456 e. The summed E-state index contributed by atoms with van der Waals surface area (Å²) in [5.41, 5.74) is 14.3. The molecule has 4 heteroatoms. The van der Waals surface area contributed by atoms with Gasteiger partial charge in [-0.25, -0.2) is 4.98 Å². The van der Waals surface area contributed by atoms with Crippen LogP contribution in [0.4, 0.5) is 17.1 Å². The molecule has 0 N–H and O–H groups in total. The Kier molecular flexibility index (Phi) is 7.78. The third kappa shape index (κ3) is 5.92. The van der Waals surface area contributed by atoms with Crippen molar-refractivity contribution in [1.29, 1.82) is 0 Å². The van der Waals surface area contributed by atoms with Gasteiger partial charge in [-0.15, -0.1) is 0 Å². The number of fused-ring (bicyclic) bond motifs is 5. The van der Waals surface area contributed by atoms with Crippen molar-refractivity contribution in [3.63, 3.8) is 0 Å². The van der Waals surface area contributed by atoms with Crippen LogP contribution in [0.15, 0.2) is 215 Å². The summed E-state index contributed by atoms with van der Waals surface area (Å²) in [6.07, 6.45) is 0. The van der Waals surface area contributed by atoms with E-state index in [0.717, 1.165) is 61.2 Å². The van der Waals surface area contributed by atoms with Gasteiger partial charge >= 0.3 is 0 Å². The van der Waals surface area contributed by atoms with Crippen LogP contribution in [-0.4, -0.2) is 4.98 Å². The van der Waals surface area contributed by atoms with Crippen molar-refractivity contribution in [2.75, 3.05) is 4.90 Å². The van der Waals surface area contributed by atoms with Gasteiger partial charge in [0, 0.05) is 39.5 Å². The second-order valence-corrected chi connectivity index (χ2v) is 14.4. The van der Waals surface area contributed by atoms with E-state index in [1.54, 1.807) is 0 Å². The Morgan fingerprint density at radius 1 is 0.333 bits per heavy atom. The topological polar surface area (TPSA) is 42.4 Å². The van der Waals surface area contributed by atoms with Crippen LogP contribution >= 0.6 is 0 Å². The molecule has 0 unspecified atom stereocenters. The highest BCUT2D eigenvalue weighted by molar-refractivity contribution is 6.10. The molecule has 9 aromatic carbocycles. The fourth-order valence-electron chi connectivity index (χ4n) is 8.03. The normalized spacial score (nSPS) is 11.5. The first-order valence-electron chi connectivity index (χ1n) is 19.2. The first-order valence-corrected chi connectivity index (χ1v) is 19.2. The van der Waals surface area contributed by atoms with Crippen molar-refractivity contribution in [3.05, 3.63) is 206 Å². The van der Waals surface area contributed by atoms with E-state index in [1.165, 1.54) is 33.0 Å². The maximum atomic E-state index is 6.31. The van der Waals surface area contributed by atoms with Crippen LogP contribution in [0.1, 0.15) is 0 Å². The van der Waals surface area contributed by atoms with E-state index in [9.17, 15) is 0 Å². The molecule has 11 rings (SSSR count). The maximum Gasteiger partial charge on any atom is 0.227 e. The van der Waals surface area contributed by atoms with Crippen molar-refractivity contribution in [3.8, 4) is 44.8 Å². The molecule has 0 atom stereocenters. The monoisotopic (exact) mass is 730 g/mol. The summed E-state index contributed by atoms with van der Waals surface area (Å²) in [4.78, 5) is 7.14. The van der Waals surface area contributed by atoms with Gasteiger partial charge in [0.15, 0.2) is 5.58 Å². The van der Waals surface area contributed by atoms with Crippen molar-refractivity contribution >= 4 is 60.9 Å². The van der Waals surface area contributed by atoms with Gasteiger partial charge in [-0.2, -0.15) is 0 Å². The Bertz CT molecular complexity index is 3200. The lowest BCUT2D eigenvalue weighted by Gasteiger charge is -2.26. The molecule has 0 saturated carbocycles. The second-order valence-electron chi connectivity index (χ2n) is 14.4. The third-order valence-corrected chi connectivity index (χ3v) is 10.9. The van der Waals surface area contributed by atoms with E-state index in [0.29, 0.717) is 11.5 Å². The Labute approximate surface area is 329 Å². The molecule has 268 valence electrons. The molecule has 4 nitrogen and oxygen atoms in total. The molecule has 57 heavy (non-hydrogen) atoms. The molecule has 0 radical (unpaired) electrons. The van der Waals surface area contributed by atoms with Crippen LogP contribution in [0.25, 0.3) is 88.6 Å². The smallest absolute Gasteiger partial charge is 0.227 e. The lowest BCUT2D eigenvalue weighted by Crippen LogP contribution is -2.09. The van der Waals surface area contributed by atoms with E-state index in [4.69, 9.17) is 13.8 Å². The fourth-order valence-corrected chi connectivity index (χ4v) is 8.03. The molecule has 0 bridgehead atoms. The molecule has 2 heterocycles. The van der Waals surface area contributed by atoms with Crippen LogP contribution in [0.3, 0.4) is 0 Å². The zero-order chi connectivity index (χ0) is 37.7. The van der Waals surface area contributed by atoms with E-state index < -0.39 is 0 Å². The first-order chi connectivity index (χ1) is 28.2. The zero-order valence-corrected chi connectivity index (χ0v) is 30.8. The molecule has 0 spiro atoms. The number of anilines is 3. The maximum absolute atomic E-state index is 6.31. The van der Waals surface area contributed by atoms with Gasteiger partial charge in [0.05, 0.1) is 0 Å². The van der Waals surface area contributed by atoms with Gasteiger partial charge in [-0.1, -0.05) is 133 Å². The van der Waals surface area contributed by atoms with Crippen molar-refractivity contribution < 1.29 is 8.83 Å². The number of rotatable bonds is 7. The number of hydrogen-bond acceptors (Lipinski definition) is 4. The summed E-state index contributed by atoms with van der Waals surface area (Å²) in [6, 6.07) is 72.6. The molecule has 2 aromatic heterocycles. The quantitative estimate of drug-likeness (QED) is 0.164. The average molecular weight is 731 g/mol. The fraction of sp³-hybridized carbons (Fsp3) is 0. The summed E-state index contributed by atoms with van der Waals surface area (Å²) < 4.78 is 12.5.